The molecule has 0 radical (unpaired) electrons. The van der Waals surface area contributed by atoms with Crippen LogP contribution in [-0.2, 0) is 11.3 Å². The first kappa shape index (κ1) is 17.4. The Morgan fingerprint density at radius 1 is 1.35 bits per heavy atom. The van der Waals surface area contributed by atoms with Crippen molar-refractivity contribution in [1.82, 2.24) is 10.3 Å². The van der Waals surface area contributed by atoms with Crippen molar-refractivity contribution < 1.29 is 4.74 Å². The van der Waals surface area contributed by atoms with Crippen molar-refractivity contribution in [2.45, 2.75) is 46.6 Å². The number of hydrogen-bond donors (Lipinski definition) is 1. The summed E-state index contributed by atoms with van der Waals surface area (Å²) < 4.78 is 5.41. The molecule has 1 aromatic rings. The molecule has 0 saturated carbocycles. The SMILES string of the molecule is CCCNCc1sc(N(C)CCOCC)nc1C(C)C. The van der Waals surface area contributed by atoms with Crippen molar-refractivity contribution in [3.05, 3.63) is 10.6 Å². The van der Waals surface area contributed by atoms with E-state index in [1.54, 1.807) is 11.3 Å². The number of thiazole rings is 1. The fraction of sp³-hybridized carbons (Fsp3) is 0.800. The Morgan fingerprint density at radius 3 is 2.70 bits per heavy atom. The van der Waals surface area contributed by atoms with Gasteiger partial charge in [0, 0.05) is 31.6 Å². The molecular weight excluding hydrogens is 270 g/mol. The van der Waals surface area contributed by atoms with Crippen molar-refractivity contribution in [2.75, 3.05) is 38.3 Å². The smallest absolute Gasteiger partial charge is 0.185 e. The number of likely N-dealkylation sites (N-methyl/N-ethyl adjacent to an activating group) is 1. The summed E-state index contributed by atoms with van der Waals surface area (Å²) in [4.78, 5) is 8.37. The second-order valence-corrected chi connectivity index (χ2v) is 6.32. The highest BCUT2D eigenvalue weighted by molar-refractivity contribution is 7.15. The minimum absolute atomic E-state index is 0.471. The summed E-state index contributed by atoms with van der Waals surface area (Å²) in [6, 6.07) is 0. The zero-order valence-electron chi connectivity index (χ0n) is 13.5. The molecule has 0 fully saturated rings. The number of nitrogens with zero attached hydrogens (tertiary/aromatic N) is 2. The van der Waals surface area contributed by atoms with Crippen LogP contribution in [0.15, 0.2) is 0 Å². The molecule has 0 aliphatic rings. The number of hydrogen-bond acceptors (Lipinski definition) is 5. The lowest BCUT2D eigenvalue weighted by Crippen LogP contribution is -2.22. The number of anilines is 1. The summed E-state index contributed by atoms with van der Waals surface area (Å²) in [5.41, 5.74) is 1.23. The Hall–Kier alpha value is -0.650. The topological polar surface area (TPSA) is 37.4 Å². The van der Waals surface area contributed by atoms with Gasteiger partial charge in [-0.05, 0) is 25.8 Å². The van der Waals surface area contributed by atoms with Gasteiger partial charge in [0.2, 0.25) is 0 Å². The standard InChI is InChI=1S/C15H29N3OS/c1-6-8-16-11-13-14(12(3)4)17-15(20-13)18(5)9-10-19-7-2/h12,16H,6-11H2,1-5H3. The molecule has 5 heteroatoms. The Kier molecular flexibility index (Phi) is 8.11. The average molecular weight is 299 g/mol. The molecule has 116 valence electrons. The summed E-state index contributed by atoms with van der Waals surface area (Å²) in [7, 11) is 2.09. The summed E-state index contributed by atoms with van der Waals surface area (Å²) in [6.07, 6.45) is 1.16. The van der Waals surface area contributed by atoms with Crippen molar-refractivity contribution in [1.29, 1.82) is 0 Å². The first-order chi connectivity index (χ1) is 9.60. The maximum Gasteiger partial charge on any atom is 0.185 e. The third-order valence-corrected chi connectivity index (χ3v) is 4.26. The largest absolute Gasteiger partial charge is 0.380 e. The molecule has 0 amide bonds. The summed E-state index contributed by atoms with van der Waals surface area (Å²) >= 11 is 1.80. The molecule has 0 bridgehead atoms. The predicted octanol–water partition coefficient (Wildman–Crippen LogP) is 3.24. The summed E-state index contributed by atoms with van der Waals surface area (Å²) in [5.74, 6) is 0.471. The van der Waals surface area contributed by atoms with Gasteiger partial charge in [-0.2, -0.15) is 0 Å². The predicted molar refractivity (Wildman–Crippen MR) is 88.0 cm³/mol. The van der Waals surface area contributed by atoms with E-state index in [9.17, 15) is 0 Å². The van der Waals surface area contributed by atoms with E-state index in [-0.39, 0.29) is 0 Å². The molecule has 4 nitrogen and oxygen atoms in total. The summed E-state index contributed by atoms with van der Waals surface area (Å²) in [6.45, 7) is 13.0. The van der Waals surface area contributed by atoms with E-state index in [2.05, 4.69) is 38.0 Å². The highest BCUT2D eigenvalue weighted by atomic mass is 32.1. The molecule has 20 heavy (non-hydrogen) atoms. The van der Waals surface area contributed by atoms with Crippen LogP contribution in [0.3, 0.4) is 0 Å². The summed E-state index contributed by atoms with van der Waals surface area (Å²) in [5, 5.41) is 4.58. The second-order valence-electron chi connectivity index (χ2n) is 5.25. The molecular formula is C15H29N3OS. The van der Waals surface area contributed by atoms with Crippen molar-refractivity contribution in [3.63, 3.8) is 0 Å². The fourth-order valence-electron chi connectivity index (χ4n) is 1.91. The third-order valence-electron chi connectivity index (χ3n) is 3.08. The van der Waals surface area contributed by atoms with Gasteiger partial charge in [-0.15, -0.1) is 11.3 Å². The molecule has 0 unspecified atom stereocenters. The number of ether oxygens (including phenoxy) is 1. The Balaban J connectivity index is 2.69. The molecule has 1 aromatic heterocycles. The number of aromatic nitrogens is 1. The van der Waals surface area contributed by atoms with Crippen LogP contribution >= 0.6 is 11.3 Å². The normalized spacial score (nSPS) is 11.3. The van der Waals surface area contributed by atoms with Crippen molar-refractivity contribution >= 4 is 16.5 Å². The second kappa shape index (κ2) is 9.32. The molecule has 0 aromatic carbocycles. The molecule has 1 N–H and O–H groups in total. The van der Waals surface area contributed by atoms with Crippen LogP contribution in [0, 0.1) is 0 Å². The molecule has 1 rings (SSSR count). The maximum absolute atomic E-state index is 5.41. The lowest BCUT2D eigenvalue weighted by molar-refractivity contribution is 0.154. The van der Waals surface area contributed by atoms with Gasteiger partial charge in [0.05, 0.1) is 12.3 Å². The highest BCUT2D eigenvalue weighted by Crippen LogP contribution is 2.30. The van der Waals surface area contributed by atoms with Gasteiger partial charge < -0.3 is 15.0 Å². The van der Waals surface area contributed by atoms with Gasteiger partial charge in [-0.25, -0.2) is 4.98 Å². The number of nitrogens with one attached hydrogen (secondary N) is 1. The number of rotatable bonds is 10. The third kappa shape index (κ3) is 5.38. The van der Waals surface area contributed by atoms with Crippen LogP contribution in [0.5, 0.6) is 0 Å². The zero-order valence-corrected chi connectivity index (χ0v) is 14.3. The van der Waals surface area contributed by atoms with Gasteiger partial charge >= 0.3 is 0 Å². The van der Waals surface area contributed by atoms with Gasteiger partial charge in [-0.1, -0.05) is 20.8 Å². The van der Waals surface area contributed by atoms with Gasteiger partial charge in [0.1, 0.15) is 0 Å². The monoisotopic (exact) mass is 299 g/mol. The van der Waals surface area contributed by atoms with Crippen LogP contribution in [0.25, 0.3) is 0 Å². The van der Waals surface area contributed by atoms with Crippen molar-refractivity contribution in [3.8, 4) is 0 Å². The van der Waals surface area contributed by atoms with Gasteiger partial charge in [0.15, 0.2) is 5.13 Å². The van der Waals surface area contributed by atoms with E-state index in [1.807, 2.05) is 6.92 Å². The van der Waals surface area contributed by atoms with E-state index in [1.165, 1.54) is 10.6 Å². The van der Waals surface area contributed by atoms with Crippen LogP contribution in [0.1, 0.15) is 50.6 Å². The van der Waals surface area contributed by atoms with E-state index in [4.69, 9.17) is 9.72 Å². The Bertz CT molecular complexity index is 379. The van der Waals surface area contributed by atoms with E-state index >= 15 is 0 Å². The van der Waals surface area contributed by atoms with E-state index in [0.717, 1.165) is 44.4 Å². The van der Waals surface area contributed by atoms with Crippen LogP contribution in [0.4, 0.5) is 5.13 Å². The zero-order chi connectivity index (χ0) is 15.0. The van der Waals surface area contributed by atoms with Crippen LogP contribution in [0.2, 0.25) is 0 Å². The molecule has 1 heterocycles. The fourth-order valence-corrected chi connectivity index (χ4v) is 3.08. The molecule has 0 saturated heterocycles. The highest BCUT2D eigenvalue weighted by Gasteiger charge is 2.16. The quantitative estimate of drug-likeness (QED) is 0.673. The average Bonchev–Trinajstić information content (AvgIpc) is 2.84. The maximum atomic E-state index is 5.41. The van der Waals surface area contributed by atoms with E-state index in [0.29, 0.717) is 5.92 Å². The Labute approximate surface area is 127 Å². The minimum Gasteiger partial charge on any atom is -0.380 e. The lowest BCUT2D eigenvalue weighted by atomic mass is 10.1. The first-order valence-electron chi connectivity index (χ1n) is 7.59. The Morgan fingerprint density at radius 2 is 2.10 bits per heavy atom. The van der Waals surface area contributed by atoms with Crippen LogP contribution in [-0.4, -0.2) is 38.3 Å². The molecule has 0 aliphatic heterocycles. The molecule has 0 atom stereocenters. The molecule has 0 spiro atoms. The van der Waals surface area contributed by atoms with Crippen LogP contribution < -0.4 is 10.2 Å². The van der Waals surface area contributed by atoms with Crippen molar-refractivity contribution in [2.24, 2.45) is 0 Å². The van der Waals surface area contributed by atoms with E-state index < -0.39 is 0 Å². The van der Waals surface area contributed by atoms with Gasteiger partial charge in [0.25, 0.3) is 0 Å². The van der Waals surface area contributed by atoms with Gasteiger partial charge in [-0.3, -0.25) is 0 Å². The lowest BCUT2D eigenvalue weighted by Gasteiger charge is -2.15. The first-order valence-corrected chi connectivity index (χ1v) is 8.40. The minimum atomic E-state index is 0.471. The molecule has 0 aliphatic carbocycles.